The maximum Gasteiger partial charge on any atom is 0.135 e. The average molecular weight is 211 g/mol. The van der Waals surface area contributed by atoms with Crippen molar-refractivity contribution in [2.24, 2.45) is 5.73 Å². The predicted octanol–water partition coefficient (Wildman–Crippen LogP) is 1.45. The topological polar surface area (TPSA) is 72.0 Å². The minimum Gasteiger partial charge on any atom is -0.383 e. The molecule has 1 aromatic rings. The fourth-order valence-corrected chi connectivity index (χ4v) is 2.37. The minimum atomic E-state index is 0.131. The number of rotatable bonds is 4. The van der Waals surface area contributed by atoms with Crippen LogP contribution < -0.4 is 5.73 Å². The van der Waals surface area contributed by atoms with Gasteiger partial charge in [0.1, 0.15) is 10.8 Å². The molecule has 0 saturated heterocycles. The molecule has 5 heteroatoms. The first kappa shape index (κ1) is 9.61. The summed E-state index contributed by atoms with van der Waals surface area (Å²) in [5.41, 5.74) is 6.51. The normalized spacial score (nSPS) is 15.8. The Morgan fingerprint density at radius 3 is 2.93 bits per heavy atom. The van der Waals surface area contributed by atoms with Crippen LogP contribution in [0.1, 0.15) is 34.3 Å². The maximum absolute atomic E-state index is 7.45. The molecule has 1 aliphatic carbocycles. The van der Waals surface area contributed by atoms with Crippen molar-refractivity contribution in [1.82, 2.24) is 4.98 Å². The summed E-state index contributed by atoms with van der Waals surface area (Å²) in [6.07, 6.45) is 2.35. The number of aromatic nitrogens is 1. The van der Waals surface area contributed by atoms with Crippen molar-refractivity contribution in [3.63, 3.8) is 0 Å². The number of nitrogens with zero attached hydrogens (tertiary/aromatic N) is 1. The zero-order valence-corrected chi connectivity index (χ0v) is 8.86. The van der Waals surface area contributed by atoms with Crippen LogP contribution in [0, 0.1) is 5.41 Å². The molecule has 14 heavy (non-hydrogen) atoms. The van der Waals surface area contributed by atoms with Gasteiger partial charge in [0.2, 0.25) is 0 Å². The largest absolute Gasteiger partial charge is 0.383 e. The highest BCUT2D eigenvalue weighted by Crippen LogP contribution is 2.42. The number of ether oxygens (including phenoxy) is 1. The second-order valence-corrected chi connectivity index (χ2v) is 4.53. The van der Waals surface area contributed by atoms with Crippen molar-refractivity contribution >= 4 is 17.2 Å². The number of methoxy groups -OCH3 is 1. The lowest BCUT2D eigenvalue weighted by Gasteiger charge is -1.95. The number of nitrogens with one attached hydrogen (secondary N) is 1. The highest BCUT2D eigenvalue weighted by atomic mass is 32.1. The Morgan fingerprint density at radius 2 is 2.43 bits per heavy atom. The first-order valence-corrected chi connectivity index (χ1v) is 5.37. The van der Waals surface area contributed by atoms with E-state index in [1.807, 2.05) is 0 Å². The minimum absolute atomic E-state index is 0.131. The van der Waals surface area contributed by atoms with Crippen LogP contribution in [0.2, 0.25) is 0 Å². The highest BCUT2D eigenvalue weighted by molar-refractivity contribution is 7.13. The van der Waals surface area contributed by atoms with E-state index in [4.69, 9.17) is 15.9 Å². The van der Waals surface area contributed by atoms with Crippen molar-refractivity contribution in [1.29, 1.82) is 5.41 Å². The Labute approximate surface area is 86.6 Å². The van der Waals surface area contributed by atoms with Gasteiger partial charge in [0.15, 0.2) is 0 Å². The average Bonchev–Trinajstić information content (AvgIpc) is 2.88. The number of hydrogen-bond acceptors (Lipinski definition) is 4. The predicted molar refractivity (Wildman–Crippen MR) is 55.8 cm³/mol. The quantitative estimate of drug-likeness (QED) is 0.585. The summed E-state index contributed by atoms with van der Waals surface area (Å²) in [5, 5.41) is 8.37. The van der Waals surface area contributed by atoms with Gasteiger partial charge in [-0.25, -0.2) is 4.98 Å². The zero-order valence-electron chi connectivity index (χ0n) is 8.04. The molecule has 0 aliphatic heterocycles. The maximum atomic E-state index is 7.45. The molecule has 1 aromatic heterocycles. The Morgan fingerprint density at radius 1 is 1.71 bits per heavy atom. The molecule has 1 aliphatic rings. The van der Waals surface area contributed by atoms with E-state index in [-0.39, 0.29) is 5.84 Å². The van der Waals surface area contributed by atoms with Crippen molar-refractivity contribution < 1.29 is 4.74 Å². The molecule has 1 saturated carbocycles. The molecule has 1 heterocycles. The van der Waals surface area contributed by atoms with E-state index in [0.717, 1.165) is 15.6 Å². The smallest absolute Gasteiger partial charge is 0.135 e. The van der Waals surface area contributed by atoms with Gasteiger partial charge in [-0.15, -0.1) is 11.3 Å². The molecule has 2 rings (SSSR count). The lowest BCUT2D eigenvalue weighted by Crippen LogP contribution is -2.11. The molecule has 4 nitrogen and oxygen atoms in total. The van der Waals surface area contributed by atoms with Gasteiger partial charge in [-0.05, 0) is 12.8 Å². The van der Waals surface area contributed by atoms with Gasteiger partial charge in [-0.3, -0.25) is 5.41 Å². The van der Waals surface area contributed by atoms with E-state index in [1.165, 1.54) is 24.2 Å². The van der Waals surface area contributed by atoms with Crippen LogP contribution in [0.25, 0.3) is 0 Å². The van der Waals surface area contributed by atoms with E-state index in [0.29, 0.717) is 12.5 Å². The van der Waals surface area contributed by atoms with Crippen LogP contribution in [0.5, 0.6) is 0 Å². The first-order valence-electron chi connectivity index (χ1n) is 4.55. The third-order valence-electron chi connectivity index (χ3n) is 2.17. The van der Waals surface area contributed by atoms with Crippen LogP contribution in [-0.4, -0.2) is 17.9 Å². The first-order chi connectivity index (χ1) is 6.72. The molecule has 0 radical (unpaired) electrons. The monoisotopic (exact) mass is 211 g/mol. The van der Waals surface area contributed by atoms with E-state index in [9.17, 15) is 0 Å². The molecule has 1 fully saturated rings. The SMILES string of the molecule is COCc1nc(C2CC2)c(C(=N)N)s1. The van der Waals surface area contributed by atoms with Gasteiger partial charge >= 0.3 is 0 Å². The van der Waals surface area contributed by atoms with E-state index < -0.39 is 0 Å². The third kappa shape index (κ3) is 1.78. The number of thiazole rings is 1. The number of nitrogens with two attached hydrogens (primary N) is 1. The van der Waals surface area contributed by atoms with Gasteiger partial charge in [0.25, 0.3) is 0 Å². The molecular weight excluding hydrogens is 198 g/mol. The van der Waals surface area contributed by atoms with Gasteiger partial charge in [0.05, 0.1) is 17.2 Å². The summed E-state index contributed by atoms with van der Waals surface area (Å²) in [5.74, 6) is 0.669. The van der Waals surface area contributed by atoms with Crippen LogP contribution in [0.4, 0.5) is 0 Å². The fourth-order valence-electron chi connectivity index (χ4n) is 1.39. The number of nitrogen functional groups attached to an aromatic ring is 1. The highest BCUT2D eigenvalue weighted by Gasteiger charge is 2.30. The zero-order chi connectivity index (χ0) is 10.1. The van der Waals surface area contributed by atoms with Crippen molar-refractivity contribution in [3.8, 4) is 0 Å². The molecule has 0 unspecified atom stereocenters. The second-order valence-electron chi connectivity index (χ2n) is 3.44. The Kier molecular flexibility index (Phi) is 2.52. The summed E-state index contributed by atoms with van der Waals surface area (Å²) in [6.45, 7) is 0.512. The van der Waals surface area contributed by atoms with Crippen LogP contribution >= 0.6 is 11.3 Å². The standard InChI is InChI=1S/C9H13N3OS/c1-13-4-6-12-7(5-2-3-5)8(14-6)9(10)11/h5H,2-4H2,1H3,(H3,10,11). The van der Waals surface area contributed by atoms with Crippen molar-refractivity contribution in [3.05, 3.63) is 15.6 Å². The van der Waals surface area contributed by atoms with Crippen LogP contribution in [0.15, 0.2) is 0 Å². The molecule has 0 atom stereocenters. The number of hydrogen-bond donors (Lipinski definition) is 2. The number of amidine groups is 1. The fraction of sp³-hybridized carbons (Fsp3) is 0.556. The second kappa shape index (κ2) is 3.67. The van der Waals surface area contributed by atoms with Gasteiger partial charge < -0.3 is 10.5 Å². The van der Waals surface area contributed by atoms with Crippen LogP contribution in [0.3, 0.4) is 0 Å². The van der Waals surface area contributed by atoms with E-state index in [1.54, 1.807) is 7.11 Å². The molecule has 0 bridgehead atoms. The molecular formula is C9H13N3OS. The van der Waals surface area contributed by atoms with E-state index in [2.05, 4.69) is 4.98 Å². The molecule has 3 N–H and O–H groups in total. The molecule has 0 amide bonds. The Hall–Kier alpha value is -0.940. The Balaban J connectivity index is 2.30. The summed E-state index contributed by atoms with van der Waals surface area (Å²) in [6, 6.07) is 0. The summed E-state index contributed by atoms with van der Waals surface area (Å²) < 4.78 is 5.01. The molecule has 0 aromatic carbocycles. The Bertz CT molecular complexity index is 357. The van der Waals surface area contributed by atoms with E-state index >= 15 is 0 Å². The summed E-state index contributed by atoms with van der Waals surface area (Å²) >= 11 is 1.47. The van der Waals surface area contributed by atoms with Crippen molar-refractivity contribution in [2.75, 3.05) is 7.11 Å². The van der Waals surface area contributed by atoms with Gasteiger partial charge in [0, 0.05) is 13.0 Å². The van der Waals surface area contributed by atoms with Crippen molar-refractivity contribution in [2.45, 2.75) is 25.4 Å². The molecule has 0 spiro atoms. The van der Waals surface area contributed by atoms with Gasteiger partial charge in [-0.2, -0.15) is 0 Å². The van der Waals surface area contributed by atoms with Gasteiger partial charge in [-0.1, -0.05) is 0 Å². The lowest BCUT2D eigenvalue weighted by atomic mass is 10.2. The lowest BCUT2D eigenvalue weighted by molar-refractivity contribution is 0.184. The van der Waals surface area contributed by atoms with Crippen LogP contribution in [-0.2, 0) is 11.3 Å². The molecule has 76 valence electrons. The summed E-state index contributed by atoms with van der Waals surface area (Å²) in [7, 11) is 1.64. The summed E-state index contributed by atoms with van der Waals surface area (Å²) in [4.78, 5) is 5.29. The third-order valence-corrected chi connectivity index (χ3v) is 3.25.